The lowest BCUT2D eigenvalue weighted by Gasteiger charge is -2.09. The fraction of sp³-hybridized carbons (Fsp3) is 0.231. The molecule has 0 radical (unpaired) electrons. The summed E-state index contributed by atoms with van der Waals surface area (Å²) in [6.07, 6.45) is 0. The van der Waals surface area contributed by atoms with Crippen LogP contribution in [0.2, 0.25) is 0 Å². The summed E-state index contributed by atoms with van der Waals surface area (Å²) < 4.78 is 23.4. The summed E-state index contributed by atoms with van der Waals surface area (Å²) in [5.41, 5.74) is -0.310. The Balaban J connectivity index is 2.71. The predicted molar refractivity (Wildman–Crippen MR) is 67.0 cm³/mol. The summed E-state index contributed by atoms with van der Waals surface area (Å²) in [6, 6.07) is 4.41. The van der Waals surface area contributed by atoms with Gasteiger partial charge in [-0.2, -0.15) is 4.39 Å². The number of carbonyl (C=O) groups excluding carboxylic acids is 1. The molecule has 19 heavy (non-hydrogen) atoms. The average molecular weight is 265 g/mol. The number of fused-ring (bicyclic) bond motifs is 1. The number of hydrogen-bond donors (Lipinski definition) is 1. The normalized spacial score (nSPS) is 10.5. The Morgan fingerprint density at radius 3 is 2.79 bits per heavy atom. The number of benzene rings is 1. The Labute approximate surface area is 108 Å². The van der Waals surface area contributed by atoms with E-state index < -0.39 is 17.3 Å². The minimum Gasteiger partial charge on any atom is -0.490 e. The number of methoxy groups -OCH3 is 1. The SMILES string of the molecule is CCOc1c(F)c(=O)[nH]c2cc(C(=O)OC)ccc12. The van der Waals surface area contributed by atoms with Gasteiger partial charge >= 0.3 is 5.97 Å². The fourth-order valence-corrected chi connectivity index (χ4v) is 1.77. The van der Waals surface area contributed by atoms with Crippen LogP contribution in [0.15, 0.2) is 23.0 Å². The van der Waals surface area contributed by atoms with E-state index in [9.17, 15) is 14.0 Å². The molecule has 0 aliphatic carbocycles. The first-order chi connectivity index (χ1) is 9.08. The van der Waals surface area contributed by atoms with E-state index in [1.807, 2.05) is 0 Å². The number of H-pyrrole nitrogens is 1. The van der Waals surface area contributed by atoms with Crippen molar-refractivity contribution in [3.63, 3.8) is 0 Å². The van der Waals surface area contributed by atoms with Crippen molar-refractivity contribution in [3.8, 4) is 5.75 Å². The van der Waals surface area contributed by atoms with Crippen LogP contribution >= 0.6 is 0 Å². The molecule has 0 aliphatic rings. The molecule has 0 saturated heterocycles. The highest BCUT2D eigenvalue weighted by Gasteiger charge is 2.15. The molecule has 0 spiro atoms. The van der Waals surface area contributed by atoms with E-state index in [0.29, 0.717) is 10.9 Å². The number of carbonyl (C=O) groups is 1. The summed E-state index contributed by atoms with van der Waals surface area (Å²) >= 11 is 0. The second kappa shape index (κ2) is 5.09. The van der Waals surface area contributed by atoms with Crippen LogP contribution in [0.4, 0.5) is 4.39 Å². The lowest BCUT2D eigenvalue weighted by molar-refractivity contribution is 0.0601. The van der Waals surface area contributed by atoms with Crippen molar-refractivity contribution in [3.05, 3.63) is 39.9 Å². The summed E-state index contributed by atoms with van der Waals surface area (Å²) in [5.74, 6) is -1.62. The van der Waals surface area contributed by atoms with Crippen molar-refractivity contribution in [2.24, 2.45) is 0 Å². The lowest BCUT2D eigenvalue weighted by Crippen LogP contribution is -2.14. The van der Waals surface area contributed by atoms with Crippen LogP contribution in [0.25, 0.3) is 10.9 Å². The number of ether oxygens (including phenoxy) is 2. The average Bonchev–Trinajstić information content (AvgIpc) is 2.42. The standard InChI is InChI=1S/C13H12FNO4/c1-3-19-11-8-5-4-7(13(17)18-2)6-9(8)15-12(16)10(11)14/h4-6H,3H2,1-2H3,(H,15,16). The minimum atomic E-state index is -0.972. The zero-order valence-corrected chi connectivity index (χ0v) is 10.5. The third-order valence-electron chi connectivity index (χ3n) is 2.62. The largest absolute Gasteiger partial charge is 0.490 e. The molecular weight excluding hydrogens is 253 g/mol. The zero-order chi connectivity index (χ0) is 14.0. The molecule has 0 fully saturated rings. The van der Waals surface area contributed by atoms with Crippen LogP contribution in [0.5, 0.6) is 5.75 Å². The number of rotatable bonds is 3. The highest BCUT2D eigenvalue weighted by Crippen LogP contribution is 2.26. The van der Waals surface area contributed by atoms with Crippen molar-refractivity contribution in [2.45, 2.75) is 6.92 Å². The van der Waals surface area contributed by atoms with Crippen LogP contribution in [0.3, 0.4) is 0 Å². The summed E-state index contributed by atoms with van der Waals surface area (Å²) in [5, 5.41) is 0.395. The van der Waals surface area contributed by atoms with Gasteiger partial charge < -0.3 is 14.5 Å². The Morgan fingerprint density at radius 2 is 2.16 bits per heavy atom. The molecule has 0 bridgehead atoms. The van der Waals surface area contributed by atoms with E-state index in [1.165, 1.54) is 25.3 Å². The minimum absolute atomic E-state index is 0.113. The van der Waals surface area contributed by atoms with Crippen LogP contribution in [0.1, 0.15) is 17.3 Å². The van der Waals surface area contributed by atoms with Crippen molar-refractivity contribution < 1.29 is 18.7 Å². The van der Waals surface area contributed by atoms with Crippen LogP contribution in [0, 0.1) is 5.82 Å². The molecule has 0 saturated carbocycles. The summed E-state index contributed by atoms with van der Waals surface area (Å²) in [6.45, 7) is 1.92. The number of aromatic amines is 1. The highest BCUT2D eigenvalue weighted by molar-refractivity contribution is 5.95. The van der Waals surface area contributed by atoms with Crippen LogP contribution < -0.4 is 10.3 Å². The van der Waals surface area contributed by atoms with Gasteiger partial charge in [0.15, 0.2) is 5.75 Å². The van der Waals surface area contributed by atoms with Crippen molar-refractivity contribution >= 4 is 16.9 Å². The number of pyridine rings is 1. The maximum Gasteiger partial charge on any atom is 0.337 e. The zero-order valence-electron chi connectivity index (χ0n) is 10.5. The van der Waals surface area contributed by atoms with Crippen LogP contribution in [-0.4, -0.2) is 24.7 Å². The maximum absolute atomic E-state index is 13.7. The first-order valence-corrected chi connectivity index (χ1v) is 5.65. The van der Waals surface area contributed by atoms with Crippen molar-refractivity contribution in [2.75, 3.05) is 13.7 Å². The Bertz CT molecular complexity index is 693. The second-order valence-corrected chi connectivity index (χ2v) is 3.78. The summed E-state index contributed by atoms with van der Waals surface area (Å²) in [7, 11) is 1.26. The predicted octanol–water partition coefficient (Wildman–Crippen LogP) is 1.85. The van der Waals surface area contributed by atoms with Gasteiger partial charge in [-0.3, -0.25) is 4.79 Å². The molecule has 0 aliphatic heterocycles. The van der Waals surface area contributed by atoms with Gasteiger partial charge in [-0.1, -0.05) is 0 Å². The van der Waals surface area contributed by atoms with Crippen molar-refractivity contribution in [1.29, 1.82) is 0 Å². The van der Waals surface area contributed by atoms with Gasteiger partial charge in [0.05, 0.1) is 24.8 Å². The molecule has 1 N–H and O–H groups in total. The van der Waals surface area contributed by atoms with Gasteiger partial charge in [-0.25, -0.2) is 4.79 Å². The van der Waals surface area contributed by atoms with E-state index in [0.717, 1.165) is 0 Å². The fourth-order valence-electron chi connectivity index (χ4n) is 1.77. The van der Waals surface area contributed by atoms with E-state index in [2.05, 4.69) is 9.72 Å². The molecule has 6 heteroatoms. The Hall–Kier alpha value is -2.37. The molecule has 2 rings (SSSR count). The molecule has 0 unspecified atom stereocenters. The quantitative estimate of drug-likeness (QED) is 0.860. The molecule has 5 nitrogen and oxygen atoms in total. The Morgan fingerprint density at radius 1 is 1.42 bits per heavy atom. The van der Waals surface area contributed by atoms with E-state index >= 15 is 0 Å². The smallest absolute Gasteiger partial charge is 0.337 e. The Kier molecular flexibility index (Phi) is 3.50. The van der Waals surface area contributed by atoms with Gasteiger partial charge in [0.1, 0.15) is 0 Å². The molecule has 1 aromatic carbocycles. The van der Waals surface area contributed by atoms with Gasteiger partial charge in [-0.05, 0) is 25.1 Å². The maximum atomic E-state index is 13.7. The first-order valence-electron chi connectivity index (χ1n) is 5.65. The van der Waals surface area contributed by atoms with Crippen LogP contribution in [-0.2, 0) is 4.74 Å². The van der Waals surface area contributed by atoms with Gasteiger partial charge in [0, 0.05) is 5.39 Å². The first kappa shape index (κ1) is 13.1. The van der Waals surface area contributed by atoms with E-state index in [1.54, 1.807) is 6.92 Å². The number of nitrogens with one attached hydrogen (secondary N) is 1. The molecule has 2 aromatic rings. The number of esters is 1. The lowest BCUT2D eigenvalue weighted by atomic mass is 10.1. The summed E-state index contributed by atoms with van der Waals surface area (Å²) in [4.78, 5) is 25.2. The second-order valence-electron chi connectivity index (χ2n) is 3.78. The van der Waals surface area contributed by atoms with E-state index in [4.69, 9.17) is 4.74 Å². The molecule has 0 amide bonds. The molecule has 1 heterocycles. The molecular formula is C13H12FNO4. The van der Waals surface area contributed by atoms with Crippen molar-refractivity contribution in [1.82, 2.24) is 4.98 Å². The van der Waals surface area contributed by atoms with E-state index in [-0.39, 0.29) is 17.9 Å². The number of aromatic nitrogens is 1. The highest BCUT2D eigenvalue weighted by atomic mass is 19.1. The topological polar surface area (TPSA) is 68.4 Å². The third kappa shape index (κ3) is 2.29. The molecule has 0 atom stereocenters. The molecule has 1 aromatic heterocycles. The van der Waals surface area contributed by atoms with Gasteiger partial charge in [-0.15, -0.1) is 0 Å². The van der Waals surface area contributed by atoms with Gasteiger partial charge in [0.2, 0.25) is 5.82 Å². The number of hydrogen-bond acceptors (Lipinski definition) is 4. The monoisotopic (exact) mass is 265 g/mol. The third-order valence-corrected chi connectivity index (χ3v) is 2.62. The van der Waals surface area contributed by atoms with Gasteiger partial charge in [0.25, 0.3) is 5.56 Å². The molecule has 100 valence electrons. The number of halogens is 1.